The summed E-state index contributed by atoms with van der Waals surface area (Å²) >= 11 is 0. The third kappa shape index (κ3) is 1.80. The van der Waals surface area contributed by atoms with E-state index in [9.17, 15) is 8.42 Å². The lowest BCUT2D eigenvalue weighted by atomic mass is 10.2. The van der Waals surface area contributed by atoms with Gasteiger partial charge in [-0.1, -0.05) is 0 Å². The molecule has 1 aliphatic heterocycles. The number of rotatable bonds is 3. The molecule has 3 N–H and O–H groups in total. The molecule has 0 bridgehead atoms. The van der Waals surface area contributed by atoms with E-state index in [2.05, 4.69) is 4.98 Å². The van der Waals surface area contributed by atoms with Gasteiger partial charge in [0.15, 0.2) is 0 Å². The van der Waals surface area contributed by atoms with Crippen LogP contribution in [0.2, 0.25) is 0 Å². The fraction of sp³-hybridized carbons (Fsp3) is 0.556. The first kappa shape index (κ1) is 10.7. The van der Waals surface area contributed by atoms with Crippen LogP contribution in [-0.2, 0) is 10.0 Å². The Balaban J connectivity index is 2.30. The van der Waals surface area contributed by atoms with E-state index in [1.54, 1.807) is 12.3 Å². The zero-order valence-corrected chi connectivity index (χ0v) is 9.20. The molecule has 1 aromatic heterocycles. The molecular weight excluding hydrogens is 214 g/mol. The molecule has 1 fully saturated rings. The van der Waals surface area contributed by atoms with Crippen LogP contribution in [0.15, 0.2) is 23.4 Å². The molecule has 15 heavy (non-hydrogen) atoms. The predicted molar refractivity (Wildman–Crippen MR) is 56.8 cm³/mol. The highest BCUT2D eigenvalue weighted by Gasteiger charge is 2.34. The molecule has 0 amide bonds. The number of H-pyrrole nitrogens is 1. The monoisotopic (exact) mass is 229 g/mol. The lowest BCUT2D eigenvalue weighted by Crippen LogP contribution is -2.39. The second-order valence-electron chi connectivity index (χ2n) is 3.69. The van der Waals surface area contributed by atoms with E-state index in [-0.39, 0.29) is 6.04 Å². The third-order valence-corrected chi connectivity index (χ3v) is 4.72. The maximum atomic E-state index is 12.1. The van der Waals surface area contributed by atoms with E-state index >= 15 is 0 Å². The highest BCUT2D eigenvalue weighted by Crippen LogP contribution is 2.24. The van der Waals surface area contributed by atoms with E-state index in [1.807, 2.05) is 0 Å². The lowest BCUT2D eigenvalue weighted by Gasteiger charge is -2.21. The van der Waals surface area contributed by atoms with Crippen LogP contribution in [0.3, 0.4) is 0 Å². The summed E-state index contributed by atoms with van der Waals surface area (Å²) in [6, 6.07) is 1.53. The van der Waals surface area contributed by atoms with Crippen LogP contribution in [0.5, 0.6) is 0 Å². The van der Waals surface area contributed by atoms with Crippen molar-refractivity contribution < 1.29 is 8.42 Å². The molecule has 0 spiro atoms. The van der Waals surface area contributed by atoms with Gasteiger partial charge in [-0.15, -0.1) is 0 Å². The molecule has 0 saturated carbocycles. The Labute approximate surface area is 89.3 Å². The highest BCUT2D eigenvalue weighted by atomic mass is 32.2. The standard InChI is InChI=1S/C9H15N3O2S/c10-6-8-2-1-5-12(8)15(13,14)9-3-4-11-7-9/h3-4,7-8,11H,1-2,5-6,10H2. The quantitative estimate of drug-likeness (QED) is 0.773. The average molecular weight is 229 g/mol. The van der Waals surface area contributed by atoms with Gasteiger partial charge in [-0.2, -0.15) is 4.31 Å². The van der Waals surface area contributed by atoms with Crippen molar-refractivity contribution in [2.75, 3.05) is 13.1 Å². The third-order valence-electron chi connectivity index (χ3n) is 2.77. The van der Waals surface area contributed by atoms with Crippen molar-refractivity contribution in [1.29, 1.82) is 0 Å². The first-order valence-corrected chi connectivity index (χ1v) is 6.45. The zero-order valence-electron chi connectivity index (χ0n) is 8.39. The van der Waals surface area contributed by atoms with Gasteiger partial charge in [0.2, 0.25) is 10.0 Å². The molecule has 1 unspecified atom stereocenters. The van der Waals surface area contributed by atoms with Crippen molar-refractivity contribution in [2.24, 2.45) is 5.73 Å². The van der Waals surface area contributed by atoms with Crippen LogP contribution >= 0.6 is 0 Å². The summed E-state index contributed by atoms with van der Waals surface area (Å²) in [6.07, 6.45) is 4.87. The minimum Gasteiger partial charge on any atom is -0.366 e. The van der Waals surface area contributed by atoms with Gasteiger partial charge in [0.05, 0.1) is 4.90 Å². The van der Waals surface area contributed by atoms with Crippen LogP contribution < -0.4 is 5.73 Å². The van der Waals surface area contributed by atoms with Crippen molar-refractivity contribution in [2.45, 2.75) is 23.8 Å². The van der Waals surface area contributed by atoms with Crippen LogP contribution in [0.4, 0.5) is 0 Å². The molecule has 1 atom stereocenters. The van der Waals surface area contributed by atoms with Crippen molar-refractivity contribution in [1.82, 2.24) is 9.29 Å². The van der Waals surface area contributed by atoms with Crippen molar-refractivity contribution >= 4 is 10.0 Å². The van der Waals surface area contributed by atoms with Gasteiger partial charge >= 0.3 is 0 Å². The van der Waals surface area contributed by atoms with Gasteiger partial charge in [-0.05, 0) is 18.9 Å². The Kier molecular flexibility index (Phi) is 2.81. The van der Waals surface area contributed by atoms with Crippen LogP contribution in [0.1, 0.15) is 12.8 Å². The summed E-state index contributed by atoms with van der Waals surface area (Å²) in [5, 5.41) is 0. The van der Waals surface area contributed by atoms with E-state index in [4.69, 9.17) is 5.73 Å². The van der Waals surface area contributed by atoms with E-state index in [0.29, 0.717) is 18.0 Å². The zero-order chi connectivity index (χ0) is 10.9. The number of nitrogens with zero attached hydrogens (tertiary/aromatic N) is 1. The maximum absolute atomic E-state index is 12.1. The fourth-order valence-electron chi connectivity index (χ4n) is 1.97. The second kappa shape index (κ2) is 3.96. The fourth-order valence-corrected chi connectivity index (χ4v) is 3.65. The Bertz CT molecular complexity index is 413. The van der Waals surface area contributed by atoms with Gasteiger partial charge in [0.25, 0.3) is 0 Å². The van der Waals surface area contributed by atoms with E-state index in [1.165, 1.54) is 10.5 Å². The number of hydrogen-bond donors (Lipinski definition) is 2. The van der Waals surface area contributed by atoms with Crippen molar-refractivity contribution in [3.05, 3.63) is 18.5 Å². The van der Waals surface area contributed by atoms with Gasteiger partial charge in [0, 0.05) is 31.5 Å². The number of aromatic amines is 1. The molecule has 2 heterocycles. The normalized spacial score (nSPS) is 23.4. The Morgan fingerprint density at radius 3 is 3.00 bits per heavy atom. The van der Waals surface area contributed by atoms with Gasteiger partial charge in [-0.3, -0.25) is 0 Å². The lowest BCUT2D eigenvalue weighted by molar-refractivity contribution is 0.393. The first-order valence-electron chi connectivity index (χ1n) is 5.01. The molecule has 1 saturated heterocycles. The van der Waals surface area contributed by atoms with Gasteiger partial charge < -0.3 is 10.7 Å². The molecule has 1 aliphatic rings. The number of hydrogen-bond acceptors (Lipinski definition) is 3. The second-order valence-corrected chi connectivity index (χ2v) is 5.58. The van der Waals surface area contributed by atoms with Crippen molar-refractivity contribution in [3.8, 4) is 0 Å². The molecule has 6 heteroatoms. The Morgan fingerprint density at radius 1 is 1.60 bits per heavy atom. The summed E-state index contributed by atoms with van der Waals surface area (Å²) in [6.45, 7) is 0.971. The Hall–Kier alpha value is -0.850. The molecular formula is C9H15N3O2S. The van der Waals surface area contributed by atoms with Crippen molar-refractivity contribution in [3.63, 3.8) is 0 Å². The molecule has 1 aromatic rings. The van der Waals surface area contributed by atoms with Crippen LogP contribution in [0.25, 0.3) is 0 Å². The summed E-state index contributed by atoms with van der Waals surface area (Å²) in [5.74, 6) is 0. The van der Waals surface area contributed by atoms with Gasteiger partial charge in [-0.25, -0.2) is 8.42 Å². The molecule has 84 valence electrons. The molecule has 5 nitrogen and oxygen atoms in total. The minimum atomic E-state index is -3.33. The number of nitrogens with one attached hydrogen (secondary N) is 1. The van der Waals surface area contributed by atoms with E-state index < -0.39 is 10.0 Å². The Morgan fingerprint density at radius 2 is 2.40 bits per heavy atom. The molecule has 0 radical (unpaired) electrons. The summed E-state index contributed by atoms with van der Waals surface area (Å²) in [4.78, 5) is 3.08. The van der Waals surface area contributed by atoms with Gasteiger partial charge in [0.1, 0.15) is 0 Å². The summed E-state index contributed by atoms with van der Waals surface area (Å²) in [7, 11) is -3.33. The van der Waals surface area contributed by atoms with E-state index in [0.717, 1.165) is 12.8 Å². The van der Waals surface area contributed by atoms with Crippen LogP contribution in [-0.4, -0.2) is 36.8 Å². The average Bonchev–Trinajstić information content (AvgIpc) is 2.89. The summed E-state index contributed by atoms with van der Waals surface area (Å²) in [5.41, 5.74) is 5.56. The molecule has 2 rings (SSSR count). The number of aromatic nitrogens is 1. The predicted octanol–water partition coefficient (Wildman–Crippen LogP) is 0.126. The minimum absolute atomic E-state index is 0.0371. The SMILES string of the molecule is NCC1CCCN1S(=O)(=O)c1cc[nH]c1. The topological polar surface area (TPSA) is 79.2 Å². The largest absolute Gasteiger partial charge is 0.366 e. The molecule has 0 aliphatic carbocycles. The summed E-state index contributed by atoms with van der Waals surface area (Å²) < 4.78 is 25.7. The smallest absolute Gasteiger partial charge is 0.244 e. The highest BCUT2D eigenvalue weighted by molar-refractivity contribution is 7.89. The number of nitrogens with two attached hydrogens (primary N) is 1. The number of sulfonamides is 1. The first-order chi connectivity index (χ1) is 7.16. The van der Waals surface area contributed by atoms with Crippen LogP contribution in [0, 0.1) is 0 Å². The molecule has 0 aromatic carbocycles. The maximum Gasteiger partial charge on any atom is 0.244 e.